The number of halogens is 1. The van der Waals surface area contributed by atoms with E-state index in [2.05, 4.69) is 5.32 Å². The molecule has 0 saturated carbocycles. The summed E-state index contributed by atoms with van der Waals surface area (Å²) in [6.45, 7) is 7.50. The number of benzene rings is 1. The number of aryl methyl sites for hydroxylation is 1. The summed E-state index contributed by atoms with van der Waals surface area (Å²) in [6, 6.07) is 3.83. The van der Waals surface area contributed by atoms with Crippen LogP contribution < -0.4 is 5.32 Å². The third-order valence-corrected chi connectivity index (χ3v) is 3.61. The number of carbonyl (C=O) groups excluding carboxylic acids is 2. The van der Waals surface area contributed by atoms with Crippen molar-refractivity contribution in [2.45, 2.75) is 52.2 Å². The second kappa shape index (κ2) is 6.56. The molecule has 2 rings (SSSR count). The van der Waals surface area contributed by atoms with Crippen LogP contribution in [0.2, 0.25) is 0 Å². The number of nitrogens with zero attached hydrogens (tertiary/aromatic N) is 1. The molecule has 23 heavy (non-hydrogen) atoms. The van der Waals surface area contributed by atoms with Gasteiger partial charge in [-0.1, -0.05) is 0 Å². The first-order valence-electron chi connectivity index (χ1n) is 7.74. The zero-order valence-corrected chi connectivity index (χ0v) is 14.0. The molecule has 1 fully saturated rings. The molecule has 5 nitrogen and oxygen atoms in total. The number of ether oxygens (including phenoxy) is 1. The molecule has 1 saturated heterocycles. The van der Waals surface area contributed by atoms with Gasteiger partial charge in [0.1, 0.15) is 17.5 Å². The Morgan fingerprint density at radius 3 is 2.65 bits per heavy atom. The number of nitrogens with one attached hydrogen (secondary N) is 1. The predicted molar refractivity (Wildman–Crippen MR) is 85.7 cm³/mol. The van der Waals surface area contributed by atoms with E-state index in [1.165, 1.54) is 17.0 Å². The molecule has 0 aromatic heterocycles. The lowest BCUT2D eigenvalue weighted by atomic mass is 10.1. The van der Waals surface area contributed by atoms with Gasteiger partial charge in [0.25, 0.3) is 0 Å². The second-order valence-electron chi connectivity index (χ2n) is 6.78. The van der Waals surface area contributed by atoms with Gasteiger partial charge in [0, 0.05) is 12.2 Å². The molecule has 0 radical (unpaired) electrons. The van der Waals surface area contributed by atoms with Crippen molar-refractivity contribution in [3.63, 3.8) is 0 Å². The summed E-state index contributed by atoms with van der Waals surface area (Å²) in [5, 5.41) is 2.74. The Bertz CT molecular complexity index is 610. The summed E-state index contributed by atoms with van der Waals surface area (Å²) in [4.78, 5) is 26.1. The standard InChI is InChI=1S/C17H23FN2O3/c1-11-10-12(7-8-13(11)18)19-15(21)14-6-5-9-20(14)16(22)23-17(2,3)4/h7-8,10,14H,5-6,9H2,1-4H3,(H,19,21). The third-order valence-electron chi connectivity index (χ3n) is 3.61. The van der Waals surface area contributed by atoms with Crippen LogP contribution >= 0.6 is 0 Å². The fourth-order valence-corrected chi connectivity index (χ4v) is 2.53. The topological polar surface area (TPSA) is 58.6 Å². The minimum Gasteiger partial charge on any atom is -0.444 e. The van der Waals surface area contributed by atoms with Crippen LogP contribution in [0.25, 0.3) is 0 Å². The lowest BCUT2D eigenvalue weighted by molar-refractivity contribution is -0.120. The highest BCUT2D eigenvalue weighted by molar-refractivity contribution is 5.96. The van der Waals surface area contributed by atoms with Gasteiger partial charge in [0.15, 0.2) is 0 Å². The minimum atomic E-state index is -0.602. The fraction of sp³-hybridized carbons (Fsp3) is 0.529. The molecule has 1 aliphatic rings. The molecule has 6 heteroatoms. The Morgan fingerprint density at radius 1 is 1.35 bits per heavy atom. The van der Waals surface area contributed by atoms with Crippen LogP contribution in [0.15, 0.2) is 18.2 Å². The summed E-state index contributed by atoms with van der Waals surface area (Å²) in [5.74, 6) is -0.599. The second-order valence-corrected chi connectivity index (χ2v) is 6.78. The summed E-state index contributed by atoms with van der Waals surface area (Å²) in [6.07, 6.45) is 0.857. The summed E-state index contributed by atoms with van der Waals surface area (Å²) in [7, 11) is 0. The maximum atomic E-state index is 13.3. The van der Waals surface area contributed by atoms with E-state index in [0.29, 0.717) is 24.2 Å². The molecular weight excluding hydrogens is 299 g/mol. The first-order chi connectivity index (χ1) is 10.7. The fourth-order valence-electron chi connectivity index (χ4n) is 2.53. The van der Waals surface area contributed by atoms with Crippen LogP contribution in [0.4, 0.5) is 14.9 Å². The van der Waals surface area contributed by atoms with Crippen molar-refractivity contribution in [3.05, 3.63) is 29.6 Å². The van der Waals surface area contributed by atoms with Crippen LogP contribution in [0, 0.1) is 12.7 Å². The van der Waals surface area contributed by atoms with Crippen molar-refractivity contribution >= 4 is 17.7 Å². The van der Waals surface area contributed by atoms with Gasteiger partial charge in [-0.25, -0.2) is 9.18 Å². The lowest BCUT2D eigenvalue weighted by Gasteiger charge is -2.28. The molecule has 1 atom stereocenters. The highest BCUT2D eigenvalue weighted by Gasteiger charge is 2.36. The molecule has 1 heterocycles. The van der Waals surface area contributed by atoms with E-state index < -0.39 is 17.7 Å². The molecule has 0 bridgehead atoms. The average molecular weight is 322 g/mol. The maximum Gasteiger partial charge on any atom is 0.410 e. The van der Waals surface area contributed by atoms with Crippen LogP contribution in [0.3, 0.4) is 0 Å². The zero-order valence-electron chi connectivity index (χ0n) is 14.0. The van der Waals surface area contributed by atoms with Gasteiger partial charge >= 0.3 is 6.09 Å². The van der Waals surface area contributed by atoms with Crippen molar-refractivity contribution < 1.29 is 18.7 Å². The number of hydrogen-bond acceptors (Lipinski definition) is 3. The minimum absolute atomic E-state index is 0.278. The molecule has 1 unspecified atom stereocenters. The van der Waals surface area contributed by atoms with Gasteiger partial charge < -0.3 is 10.1 Å². The highest BCUT2D eigenvalue weighted by atomic mass is 19.1. The molecule has 1 aliphatic heterocycles. The largest absolute Gasteiger partial charge is 0.444 e. The molecule has 1 aromatic carbocycles. The van der Waals surface area contributed by atoms with Gasteiger partial charge in [0.2, 0.25) is 5.91 Å². The molecule has 1 N–H and O–H groups in total. The van der Waals surface area contributed by atoms with E-state index in [1.54, 1.807) is 33.8 Å². The van der Waals surface area contributed by atoms with Gasteiger partial charge in [-0.3, -0.25) is 9.69 Å². The Labute approximate surface area is 135 Å². The van der Waals surface area contributed by atoms with Crippen molar-refractivity contribution in [1.29, 1.82) is 0 Å². The normalized spacial score (nSPS) is 18.0. The number of rotatable bonds is 2. The van der Waals surface area contributed by atoms with Crippen LogP contribution in [-0.2, 0) is 9.53 Å². The Morgan fingerprint density at radius 2 is 2.04 bits per heavy atom. The SMILES string of the molecule is Cc1cc(NC(=O)C2CCCN2C(=O)OC(C)(C)C)ccc1F. The van der Waals surface area contributed by atoms with Crippen molar-refractivity contribution in [2.75, 3.05) is 11.9 Å². The van der Waals surface area contributed by atoms with Crippen LogP contribution in [-0.4, -0.2) is 35.1 Å². The summed E-state index contributed by atoms with van der Waals surface area (Å²) < 4.78 is 18.6. The number of anilines is 1. The van der Waals surface area contributed by atoms with Crippen LogP contribution in [0.5, 0.6) is 0 Å². The number of likely N-dealkylation sites (tertiary alicyclic amines) is 1. The van der Waals surface area contributed by atoms with E-state index in [0.717, 1.165) is 6.42 Å². The Kier molecular flexibility index (Phi) is 4.92. The molecule has 2 amide bonds. The number of carbonyl (C=O) groups is 2. The van der Waals surface area contributed by atoms with Crippen molar-refractivity contribution in [2.24, 2.45) is 0 Å². The predicted octanol–water partition coefficient (Wildman–Crippen LogP) is 3.47. The van der Waals surface area contributed by atoms with Gasteiger partial charge in [-0.15, -0.1) is 0 Å². The van der Waals surface area contributed by atoms with E-state index in [1.807, 2.05) is 0 Å². The summed E-state index contributed by atoms with van der Waals surface area (Å²) >= 11 is 0. The molecule has 0 aliphatic carbocycles. The van der Waals surface area contributed by atoms with E-state index in [9.17, 15) is 14.0 Å². The average Bonchev–Trinajstić information content (AvgIpc) is 2.90. The Balaban J connectivity index is 2.05. The van der Waals surface area contributed by atoms with Gasteiger partial charge in [0.05, 0.1) is 0 Å². The third kappa shape index (κ3) is 4.43. The summed E-state index contributed by atoms with van der Waals surface area (Å²) in [5.41, 5.74) is 0.373. The van der Waals surface area contributed by atoms with E-state index in [-0.39, 0.29) is 11.7 Å². The Hall–Kier alpha value is -2.11. The first-order valence-corrected chi connectivity index (χ1v) is 7.74. The molecular formula is C17H23FN2O3. The van der Waals surface area contributed by atoms with Gasteiger partial charge in [-0.2, -0.15) is 0 Å². The highest BCUT2D eigenvalue weighted by Crippen LogP contribution is 2.22. The molecule has 126 valence electrons. The van der Waals surface area contributed by atoms with Crippen molar-refractivity contribution in [1.82, 2.24) is 4.90 Å². The lowest BCUT2D eigenvalue weighted by Crippen LogP contribution is -2.45. The van der Waals surface area contributed by atoms with Gasteiger partial charge in [-0.05, 0) is 64.3 Å². The van der Waals surface area contributed by atoms with Crippen molar-refractivity contribution in [3.8, 4) is 0 Å². The van der Waals surface area contributed by atoms with E-state index >= 15 is 0 Å². The number of hydrogen-bond donors (Lipinski definition) is 1. The van der Waals surface area contributed by atoms with E-state index in [4.69, 9.17) is 4.74 Å². The quantitative estimate of drug-likeness (QED) is 0.907. The monoisotopic (exact) mass is 322 g/mol. The molecule has 0 spiro atoms. The zero-order chi connectivity index (χ0) is 17.2. The first kappa shape index (κ1) is 17.2. The maximum absolute atomic E-state index is 13.3. The van der Waals surface area contributed by atoms with Crippen LogP contribution in [0.1, 0.15) is 39.2 Å². The smallest absolute Gasteiger partial charge is 0.410 e. The number of amides is 2. The molecule has 1 aromatic rings.